The second-order valence-corrected chi connectivity index (χ2v) is 7.58. The minimum absolute atomic E-state index is 0.771. The largest absolute Gasteiger partial charge is 0.494 e. The highest BCUT2D eigenvalue weighted by atomic mass is 32.2. The Morgan fingerprint density at radius 1 is 0.920 bits per heavy atom. The van der Waals surface area contributed by atoms with Crippen LogP contribution in [-0.2, 0) is 0 Å². The fraction of sp³-hybridized carbons (Fsp3) is 0.318. The Balaban J connectivity index is 1.47. The van der Waals surface area contributed by atoms with E-state index in [1.165, 1.54) is 22.1 Å². The summed E-state index contributed by atoms with van der Waals surface area (Å²) in [7, 11) is 0. The molecule has 3 rings (SSSR count). The molecule has 3 aromatic rings. The number of aromatic nitrogens is 1. The van der Waals surface area contributed by atoms with Crippen molar-refractivity contribution in [1.29, 1.82) is 0 Å². The van der Waals surface area contributed by atoms with Crippen LogP contribution in [0.3, 0.4) is 0 Å². The fourth-order valence-electron chi connectivity index (χ4n) is 2.81. The summed E-state index contributed by atoms with van der Waals surface area (Å²) in [4.78, 5) is 4.84. The molecule has 3 heteroatoms. The molecule has 0 amide bonds. The van der Waals surface area contributed by atoms with Crippen LogP contribution in [-0.4, -0.2) is 17.3 Å². The predicted molar refractivity (Wildman–Crippen MR) is 108 cm³/mol. The number of rotatable bonds is 7. The number of ether oxygens (including phenoxy) is 1. The predicted octanol–water partition coefficient (Wildman–Crippen LogP) is 6.11. The Morgan fingerprint density at radius 2 is 1.72 bits per heavy atom. The van der Waals surface area contributed by atoms with Gasteiger partial charge in [0.1, 0.15) is 5.75 Å². The van der Waals surface area contributed by atoms with Gasteiger partial charge in [0.05, 0.1) is 17.1 Å². The highest BCUT2D eigenvalue weighted by molar-refractivity contribution is 7.99. The van der Waals surface area contributed by atoms with Crippen LogP contribution in [0.2, 0.25) is 0 Å². The molecule has 0 saturated heterocycles. The highest BCUT2D eigenvalue weighted by Crippen LogP contribution is 2.26. The van der Waals surface area contributed by atoms with E-state index in [4.69, 9.17) is 9.72 Å². The molecular weight excluding hydrogens is 326 g/mol. The molecule has 0 radical (unpaired) electrons. The van der Waals surface area contributed by atoms with Crippen molar-refractivity contribution in [3.05, 3.63) is 65.2 Å². The van der Waals surface area contributed by atoms with Crippen molar-refractivity contribution in [2.45, 2.75) is 38.6 Å². The normalized spacial score (nSPS) is 11.0. The molecule has 0 unspecified atom stereocenters. The Kier molecular flexibility index (Phi) is 5.98. The van der Waals surface area contributed by atoms with Crippen LogP contribution in [0.4, 0.5) is 0 Å². The van der Waals surface area contributed by atoms with Gasteiger partial charge >= 0.3 is 0 Å². The summed E-state index contributed by atoms with van der Waals surface area (Å²) >= 11 is 1.84. The number of benzene rings is 2. The maximum atomic E-state index is 5.78. The lowest BCUT2D eigenvalue weighted by Crippen LogP contribution is -1.98. The van der Waals surface area contributed by atoms with Gasteiger partial charge in [-0.15, -0.1) is 11.8 Å². The number of aryl methyl sites for hydroxylation is 3. The number of fused-ring (bicyclic) bond motifs is 1. The number of nitrogens with zero attached hydrogens (tertiary/aromatic N) is 1. The molecule has 1 aromatic heterocycles. The van der Waals surface area contributed by atoms with Crippen LogP contribution in [0.15, 0.2) is 53.6 Å². The molecule has 2 aromatic carbocycles. The standard InChI is InChI=1S/C22H25NOS/c1-16-9-11-19(12-10-16)24-13-4-5-14-25-21-15-18(3)20-8-6-7-17(2)22(20)23-21/h6-12,15H,4-5,13-14H2,1-3H3. The molecule has 25 heavy (non-hydrogen) atoms. The molecule has 0 aliphatic carbocycles. The maximum Gasteiger partial charge on any atom is 0.119 e. The molecule has 130 valence electrons. The number of hydrogen-bond donors (Lipinski definition) is 0. The lowest BCUT2D eigenvalue weighted by Gasteiger charge is -2.09. The number of para-hydroxylation sites is 1. The van der Waals surface area contributed by atoms with Gasteiger partial charge in [0.2, 0.25) is 0 Å². The van der Waals surface area contributed by atoms with E-state index >= 15 is 0 Å². The second kappa shape index (κ2) is 8.39. The molecule has 0 bridgehead atoms. The summed E-state index contributed by atoms with van der Waals surface area (Å²) in [6.45, 7) is 7.16. The van der Waals surface area contributed by atoms with Crippen LogP contribution in [0.25, 0.3) is 10.9 Å². The molecule has 1 heterocycles. The topological polar surface area (TPSA) is 22.1 Å². The minimum atomic E-state index is 0.771. The summed E-state index contributed by atoms with van der Waals surface area (Å²) in [5.74, 6) is 2.03. The van der Waals surface area contributed by atoms with Gasteiger partial charge in [-0.05, 0) is 68.7 Å². The summed E-state index contributed by atoms with van der Waals surface area (Å²) in [6.07, 6.45) is 2.19. The zero-order valence-electron chi connectivity index (χ0n) is 15.2. The Labute approximate surface area is 154 Å². The van der Waals surface area contributed by atoms with Crippen molar-refractivity contribution in [2.24, 2.45) is 0 Å². The van der Waals surface area contributed by atoms with Gasteiger partial charge in [0, 0.05) is 5.39 Å². The number of thioether (sulfide) groups is 1. The first-order chi connectivity index (χ1) is 12.1. The number of unbranched alkanes of at least 4 members (excludes halogenated alkanes) is 1. The lowest BCUT2D eigenvalue weighted by molar-refractivity contribution is 0.310. The van der Waals surface area contributed by atoms with Crippen LogP contribution < -0.4 is 4.74 Å². The van der Waals surface area contributed by atoms with Crippen LogP contribution in [0, 0.1) is 20.8 Å². The van der Waals surface area contributed by atoms with Crippen molar-refractivity contribution in [3.8, 4) is 5.75 Å². The molecule has 0 aliphatic rings. The van der Waals surface area contributed by atoms with Crippen molar-refractivity contribution in [1.82, 2.24) is 4.98 Å². The monoisotopic (exact) mass is 351 g/mol. The van der Waals surface area contributed by atoms with Crippen molar-refractivity contribution < 1.29 is 4.74 Å². The zero-order valence-corrected chi connectivity index (χ0v) is 16.0. The van der Waals surface area contributed by atoms with Gasteiger partial charge in [-0.3, -0.25) is 0 Å². The smallest absolute Gasteiger partial charge is 0.119 e. The highest BCUT2D eigenvalue weighted by Gasteiger charge is 2.05. The average Bonchev–Trinajstić information content (AvgIpc) is 2.60. The third-order valence-electron chi connectivity index (χ3n) is 4.30. The van der Waals surface area contributed by atoms with E-state index in [1.807, 2.05) is 23.9 Å². The Hall–Kier alpha value is -2.00. The van der Waals surface area contributed by atoms with Crippen molar-refractivity contribution in [2.75, 3.05) is 12.4 Å². The van der Waals surface area contributed by atoms with Gasteiger partial charge in [0.25, 0.3) is 0 Å². The Bertz CT molecular complexity index is 843. The van der Waals surface area contributed by atoms with Gasteiger partial charge in [-0.25, -0.2) is 4.98 Å². The quantitative estimate of drug-likeness (QED) is 0.378. The minimum Gasteiger partial charge on any atom is -0.494 e. The third kappa shape index (κ3) is 4.76. The van der Waals surface area contributed by atoms with Crippen LogP contribution in [0.5, 0.6) is 5.75 Å². The molecule has 0 atom stereocenters. The van der Waals surface area contributed by atoms with Crippen molar-refractivity contribution in [3.63, 3.8) is 0 Å². The lowest BCUT2D eigenvalue weighted by atomic mass is 10.1. The number of hydrogen-bond acceptors (Lipinski definition) is 3. The van der Waals surface area contributed by atoms with E-state index in [1.54, 1.807) is 0 Å². The first-order valence-electron chi connectivity index (χ1n) is 8.83. The van der Waals surface area contributed by atoms with Gasteiger partial charge in [0.15, 0.2) is 0 Å². The van der Waals surface area contributed by atoms with Crippen LogP contribution in [0.1, 0.15) is 29.5 Å². The van der Waals surface area contributed by atoms with Crippen molar-refractivity contribution >= 4 is 22.7 Å². The number of pyridine rings is 1. The molecule has 0 fully saturated rings. The summed E-state index contributed by atoms with van der Waals surface area (Å²) in [5, 5.41) is 2.38. The maximum absolute atomic E-state index is 5.78. The molecular formula is C22H25NOS. The molecule has 2 nitrogen and oxygen atoms in total. The van der Waals surface area contributed by atoms with E-state index < -0.39 is 0 Å². The Morgan fingerprint density at radius 3 is 2.52 bits per heavy atom. The molecule has 0 aliphatic heterocycles. The average molecular weight is 352 g/mol. The molecule has 0 N–H and O–H groups in total. The summed E-state index contributed by atoms with van der Waals surface area (Å²) in [6, 6.07) is 16.8. The summed E-state index contributed by atoms with van der Waals surface area (Å²) < 4.78 is 5.78. The first-order valence-corrected chi connectivity index (χ1v) is 9.81. The second-order valence-electron chi connectivity index (χ2n) is 6.47. The third-order valence-corrected chi connectivity index (χ3v) is 5.30. The fourth-order valence-corrected chi connectivity index (χ4v) is 3.78. The SMILES string of the molecule is Cc1ccc(OCCCCSc2cc(C)c3cccc(C)c3n2)cc1. The van der Waals surface area contributed by atoms with Gasteiger partial charge in [-0.2, -0.15) is 0 Å². The van der Waals surface area contributed by atoms with Crippen LogP contribution >= 0.6 is 11.8 Å². The summed E-state index contributed by atoms with van der Waals surface area (Å²) in [5.41, 5.74) is 4.94. The van der Waals surface area contributed by atoms with E-state index in [0.717, 1.165) is 41.5 Å². The van der Waals surface area contributed by atoms with Gasteiger partial charge in [-0.1, -0.05) is 35.9 Å². The van der Waals surface area contributed by atoms with E-state index in [0.29, 0.717) is 0 Å². The zero-order chi connectivity index (χ0) is 17.6. The van der Waals surface area contributed by atoms with E-state index in [-0.39, 0.29) is 0 Å². The van der Waals surface area contributed by atoms with E-state index in [9.17, 15) is 0 Å². The molecule has 0 saturated carbocycles. The van der Waals surface area contributed by atoms with E-state index in [2.05, 4.69) is 57.2 Å². The van der Waals surface area contributed by atoms with Gasteiger partial charge < -0.3 is 4.74 Å². The molecule has 0 spiro atoms. The first kappa shape index (κ1) is 17.8.